The summed E-state index contributed by atoms with van der Waals surface area (Å²) in [5.74, 6) is -0.0502. The number of aryl methyl sites for hydroxylation is 1. The number of likely N-dealkylation sites (N-methyl/N-ethyl adjacent to an activating group) is 2. The van der Waals surface area contributed by atoms with Crippen molar-refractivity contribution in [2.45, 2.75) is 31.7 Å². The number of carbonyl (C=O) groups excluding carboxylic acids is 1. The van der Waals surface area contributed by atoms with Gasteiger partial charge in [0.2, 0.25) is 15.9 Å². The molecule has 2 aromatic carbocycles. The Balaban J connectivity index is 1.85. The smallest absolute Gasteiger partial charge is 0.238 e. The number of nitrogens with two attached hydrogens (primary N) is 1. The standard InChI is InChI=1S/C22H32N4O3S/c1-5-26(20-8-6-7-17(2)15-20)14-13-24-22(27)16-25(4)18(3)19-9-11-21(12-10-19)30(23,28)29/h6-12,15,18H,5,13-14,16H2,1-4H3,(H,24,27)(H2,23,28,29)/t18-/m0/s1. The Morgan fingerprint density at radius 1 is 1.17 bits per heavy atom. The molecule has 0 fully saturated rings. The van der Waals surface area contributed by atoms with E-state index in [9.17, 15) is 13.2 Å². The van der Waals surface area contributed by atoms with Gasteiger partial charge in [0.1, 0.15) is 0 Å². The van der Waals surface area contributed by atoms with E-state index >= 15 is 0 Å². The van der Waals surface area contributed by atoms with E-state index in [2.05, 4.69) is 42.3 Å². The third-order valence-corrected chi connectivity index (χ3v) is 6.13. The molecule has 0 unspecified atom stereocenters. The van der Waals surface area contributed by atoms with Gasteiger partial charge in [-0.25, -0.2) is 13.6 Å². The van der Waals surface area contributed by atoms with Crippen molar-refractivity contribution in [3.63, 3.8) is 0 Å². The van der Waals surface area contributed by atoms with Crippen molar-refractivity contribution >= 4 is 21.6 Å². The molecule has 2 rings (SSSR count). The highest BCUT2D eigenvalue weighted by atomic mass is 32.2. The third-order valence-electron chi connectivity index (χ3n) is 5.20. The van der Waals surface area contributed by atoms with Crippen molar-refractivity contribution in [1.29, 1.82) is 0 Å². The molecular formula is C22H32N4O3S. The van der Waals surface area contributed by atoms with Crippen molar-refractivity contribution in [1.82, 2.24) is 10.2 Å². The monoisotopic (exact) mass is 432 g/mol. The maximum absolute atomic E-state index is 12.4. The summed E-state index contributed by atoms with van der Waals surface area (Å²) in [6.45, 7) is 8.54. The molecule has 0 aliphatic heterocycles. The summed E-state index contributed by atoms with van der Waals surface area (Å²) in [5.41, 5.74) is 3.28. The largest absolute Gasteiger partial charge is 0.370 e. The van der Waals surface area contributed by atoms with Crippen LogP contribution in [0.1, 0.15) is 31.0 Å². The number of hydrogen-bond donors (Lipinski definition) is 2. The van der Waals surface area contributed by atoms with Gasteiger partial charge in [0.25, 0.3) is 0 Å². The summed E-state index contributed by atoms with van der Waals surface area (Å²) in [5, 5.41) is 8.12. The van der Waals surface area contributed by atoms with Gasteiger partial charge in [0, 0.05) is 31.4 Å². The summed E-state index contributed by atoms with van der Waals surface area (Å²) in [6.07, 6.45) is 0. The van der Waals surface area contributed by atoms with Gasteiger partial charge in [-0.3, -0.25) is 9.69 Å². The van der Waals surface area contributed by atoms with E-state index in [-0.39, 0.29) is 23.4 Å². The molecule has 0 spiro atoms. The topological polar surface area (TPSA) is 95.7 Å². The number of amides is 1. The van der Waals surface area contributed by atoms with Crippen LogP contribution in [0.4, 0.5) is 5.69 Å². The van der Waals surface area contributed by atoms with Crippen LogP contribution in [0.15, 0.2) is 53.4 Å². The van der Waals surface area contributed by atoms with Crippen LogP contribution in [-0.2, 0) is 14.8 Å². The zero-order valence-corrected chi connectivity index (χ0v) is 18.9. The second-order valence-electron chi connectivity index (χ2n) is 7.47. The van der Waals surface area contributed by atoms with Gasteiger partial charge >= 0.3 is 0 Å². The molecule has 2 aromatic rings. The number of hydrogen-bond acceptors (Lipinski definition) is 5. The maximum atomic E-state index is 12.4. The van der Waals surface area contributed by atoms with Gasteiger partial charge in [-0.05, 0) is 63.2 Å². The van der Waals surface area contributed by atoms with Crippen LogP contribution in [0.25, 0.3) is 0 Å². The molecule has 0 radical (unpaired) electrons. The van der Waals surface area contributed by atoms with Crippen LogP contribution < -0.4 is 15.4 Å². The van der Waals surface area contributed by atoms with E-state index in [0.29, 0.717) is 6.54 Å². The number of primary sulfonamides is 1. The number of nitrogens with one attached hydrogen (secondary N) is 1. The molecule has 0 saturated heterocycles. The first-order chi connectivity index (χ1) is 14.1. The lowest BCUT2D eigenvalue weighted by molar-refractivity contribution is -0.122. The van der Waals surface area contributed by atoms with Gasteiger partial charge in [0.05, 0.1) is 11.4 Å². The first-order valence-corrected chi connectivity index (χ1v) is 11.6. The van der Waals surface area contributed by atoms with E-state index in [1.165, 1.54) is 17.7 Å². The first kappa shape index (κ1) is 23.9. The molecule has 0 bridgehead atoms. The van der Waals surface area contributed by atoms with Crippen molar-refractivity contribution in [3.05, 3.63) is 59.7 Å². The molecule has 30 heavy (non-hydrogen) atoms. The minimum Gasteiger partial charge on any atom is -0.370 e. The number of sulfonamides is 1. The highest BCUT2D eigenvalue weighted by molar-refractivity contribution is 7.89. The van der Waals surface area contributed by atoms with Gasteiger partial charge in [-0.1, -0.05) is 24.3 Å². The SMILES string of the molecule is CCN(CCNC(=O)CN(C)[C@@H](C)c1ccc(S(N)(=O)=O)cc1)c1cccc(C)c1. The summed E-state index contributed by atoms with van der Waals surface area (Å²) >= 11 is 0. The Bertz CT molecular complexity index is 945. The van der Waals surface area contributed by atoms with Crippen molar-refractivity contribution < 1.29 is 13.2 Å². The summed E-state index contributed by atoms with van der Waals surface area (Å²) in [6, 6.07) is 14.7. The second kappa shape index (κ2) is 10.6. The molecule has 1 amide bonds. The fourth-order valence-corrected chi connectivity index (χ4v) is 3.75. The minimum absolute atomic E-state index is 0.0502. The number of rotatable bonds is 10. The number of nitrogens with zero attached hydrogens (tertiary/aromatic N) is 2. The molecule has 7 nitrogen and oxygen atoms in total. The van der Waals surface area contributed by atoms with Crippen LogP contribution in [0.3, 0.4) is 0 Å². The average molecular weight is 433 g/mol. The number of benzene rings is 2. The molecular weight excluding hydrogens is 400 g/mol. The fraction of sp³-hybridized carbons (Fsp3) is 0.409. The molecule has 8 heteroatoms. The van der Waals surface area contributed by atoms with Crippen LogP contribution in [0, 0.1) is 6.92 Å². The lowest BCUT2D eigenvalue weighted by atomic mass is 10.1. The zero-order valence-electron chi connectivity index (χ0n) is 18.1. The van der Waals surface area contributed by atoms with Crippen LogP contribution in [0.5, 0.6) is 0 Å². The van der Waals surface area contributed by atoms with Crippen molar-refractivity contribution in [2.24, 2.45) is 5.14 Å². The number of anilines is 1. The Labute approximate surface area is 179 Å². The van der Waals surface area contributed by atoms with Gasteiger partial charge in [0.15, 0.2) is 0 Å². The first-order valence-electron chi connectivity index (χ1n) is 10.0. The Hall–Kier alpha value is -2.42. The average Bonchev–Trinajstić information content (AvgIpc) is 2.70. The predicted molar refractivity (Wildman–Crippen MR) is 121 cm³/mol. The van der Waals surface area contributed by atoms with E-state index in [4.69, 9.17) is 5.14 Å². The van der Waals surface area contributed by atoms with Crippen molar-refractivity contribution in [2.75, 3.05) is 38.1 Å². The molecule has 3 N–H and O–H groups in total. The zero-order chi connectivity index (χ0) is 22.3. The predicted octanol–water partition coefficient (Wildman–Crippen LogP) is 2.28. The van der Waals surface area contributed by atoms with E-state index in [1.807, 2.05) is 24.9 Å². The van der Waals surface area contributed by atoms with Gasteiger partial charge in [-0.2, -0.15) is 0 Å². The molecule has 0 aliphatic carbocycles. The molecule has 0 saturated carbocycles. The molecule has 1 atom stereocenters. The van der Waals surface area contributed by atoms with Gasteiger partial charge in [-0.15, -0.1) is 0 Å². The third kappa shape index (κ3) is 6.83. The normalized spacial score (nSPS) is 12.6. The van der Waals surface area contributed by atoms with Crippen LogP contribution in [0.2, 0.25) is 0 Å². The van der Waals surface area contributed by atoms with Gasteiger partial charge < -0.3 is 10.2 Å². The fourth-order valence-electron chi connectivity index (χ4n) is 3.23. The van der Waals surface area contributed by atoms with E-state index in [1.54, 1.807) is 12.1 Å². The number of carbonyl (C=O) groups is 1. The molecule has 0 aromatic heterocycles. The Kier molecular flexibility index (Phi) is 8.40. The van der Waals surface area contributed by atoms with E-state index in [0.717, 1.165) is 24.3 Å². The molecule has 0 aliphatic rings. The summed E-state index contributed by atoms with van der Waals surface area (Å²) in [4.78, 5) is 16.6. The quantitative estimate of drug-likeness (QED) is 0.601. The second-order valence-corrected chi connectivity index (χ2v) is 9.04. The Morgan fingerprint density at radius 2 is 1.83 bits per heavy atom. The Morgan fingerprint density at radius 3 is 2.40 bits per heavy atom. The summed E-state index contributed by atoms with van der Waals surface area (Å²) in [7, 11) is -1.84. The lowest BCUT2D eigenvalue weighted by Crippen LogP contribution is -2.40. The maximum Gasteiger partial charge on any atom is 0.238 e. The van der Waals surface area contributed by atoms with Crippen LogP contribution in [-0.4, -0.2) is 52.5 Å². The summed E-state index contributed by atoms with van der Waals surface area (Å²) < 4.78 is 22.8. The molecule has 0 heterocycles. The van der Waals surface area contributed by atoms with E-state index < -0.39 is 10.0 Å². The highest BCUT2D eigenvalue weighted by Crippen LogP contribution is 2.20. The van der Waals surface area contributed by atoms with Crippen molar-refractivity contribution in [3.8, 4) is 0 Å². The highest BCUT2D eigenvalue weighted by Gasteiger charge is 2.16. The lowest BCUT2D eigenvalue weighted by Gasteiger charge is -2.26. The minimum atomic E-state index is -3.71. The molecule has 164 valence electrons. The van der Waals surface area contributed by atoms with Crippen LogP contribution >= 0.6 is 0 Å².